The van der Waals surface area contributed by atoms with Gasteiger partial charge >= 0.3 is 5.97 Å². The highest BCUT2D eigenvalue weighted by Gasteiger charge is 2.27. The molecule has 10 heteroatoms. The van der Waals surface area contributed by atoms with E-state index >= 15 is 0 Å². The van der Waals surface area contributed by atoms with E-state index in [0.29, 0.717) is 23.4 Å². The van der Waals surface area contributed by atoms with Gasteiger partial charge in [0, 0.05) is 17.0 Å². The first kappa shape index (κ1) is 22.8. The second-order valence-corrected chi connectivity index (χ2v) is 10.2. The van der Waals surface area contributed by atoms with Crippen molar-refractivity contribution in [1.82, 2.24) is 0 Å². The normalized spacial score (nSPS) is 15.5. The maximum Gasteiger partial charge on any atom is 0.337 e. The molecule has 0 bridgehead atoms. The van der Waals surface area contributed by atoms with Crippen LogP contribution in [-0.2, 0) is 24.2 Å². The number of hydrogen-bond donors (Lipinski definition) is 2. The second kappa shape index (κ2) is 9.52. The van der Waals surface area contributed by atoms with Gasteiger partial charge in [-0.3, -0.25) is 9.59 Å². The van der Waals surface area contributed by atoms with Gasteiger partial charge in [-0.05, 0) is 48.9 Å². The lowest BCUT2D eigenvalue weighted by Crippen LogP contribution is -2.28. The van der Waals surface area contributed by atoms with Crippen LogP contribution in [0.2, 0.25) is 0 Å². The third kappa shape index (κ3) is 5.45. The summed E-state index contributed by atoms with van der Waals surface area (Å²) in [5.74, 6) is -1.49. The summed E-state index contributed by atoms with van der Waals surface area (Å²) in [6.45, 7) is 1.92. The number of nitrogens with one attached hydrogen (secondary N) is 2. The van der Waals surface area contributed by atoms with E-state index in [9.17, 15) is 22.8 Å². The number of hydrogen-bond acceptors (Lipinski definition) is 7. The van der Waals surface area contributed by atoms with Crippen molar-refractivity contribution in [3.05, 3.63) is 48.0 Å². The number of rotatable bonds is 7. The number of fused-ring (bicyclic) bond motifs is 1. The first-order valence-corrected chi connectivity index (χ1v) is 12.1. The van der Waals surface area contributed by atoms with Crippen molar-refractivity contribution in [2.75, 3.05) is 23.5 Å². The highest BCUT2D eigenvalue weighted by Crippen LogP contribution is 2.38. The Morgan fingerprint density at radius 2 is 1.87 bits per heavy atom. The van der Waals surface area contributed by atoms with Gasteiger partial charge in [-0.15, -0.1) is 11.8 Å². The van der Waals surface area contributed by atoms with Gasteiger partial charge in [0.1, 0.15) is 0 Å². The minimum absolute atomic E-state index is 0.0531. The molecule has 1 aliphatic rings. The molecule has 0 unspecified atom stereocenters. The van der Waals surface area contributed by atoms with Gasteiger partial charge in [0.05, 0.1) is 34.3 Å². The molecule has 3 rings (SSSR count). The number of benzene rings is 2. The van der Waals surface area contributed by atoms with Gasteiger partial charge in [-0.25, -0.2) is 13.2 Å². The maximum absolute atomic E-state index is 12.7. The summed E-state index contributed by atoms with van der Waals surface area (Å²) in [6.07, 6.45) is 0.438. The third-order valence-corrected chi connectivity index (χ3v) is 7.84. The van der Waals surface area contributed by atoms with Gasteiger partial charge in [-0.1, -0.05) is 6.92 Å². The van der Waals surface area contributed by atoms with E-state index < -0.39 is 21.7 Å². The summed E-state index contributed by atoms with van der Waals surface area (Å²) in [7, 11) is -2.45. The standard InChI is InChI=1S/C21H22N2O6S2/c1-3-17-20(25)23-16-12-15(8-9-18(16)30-17)31(27,28)11-10-19(24)22-14-6-4-13(5-7-14)21(26)29-2/h4-9,12,17H,3,10-11H2,1-2H3,(H,22,24)(H,23,25)/t17-/m1/s1. The SMILES string of the molecule is CC[C@H]1Sc2ccc(S(=O)(=O)CCC(=O)Nc3ccc(C(=O)OC)cc3)cc2NC1=O. The van der Waals surface area contributed by atoms with E-state index in [2.05, 4.69) is 15.4 Å². The molecule has 0 saturated heterocycles. The first-order valence-electron chi connectivity index (χ1n) is 9.56. The van der Waals surface area contributed by atoms with Crippen LogP contribution < -0.4 is 10.6 Å². The van der Waals surface area contributed by atoms with Crippen LogP contribution in [0.3, 0.4) is 0 Å². The molecule has 2 aromatic carbocycles. The Labute approximate surface area is 184 Å². The zero-order valence-electron chi connectivity index (χ0n) is 17.0. The molecule has 2 N–H and O–H groups in total. The summed E-state index contributed by atoms with van der Waals surface area (Å²) in [4.78, 5) is 36.5. The number of carbonyl (C=O) groups excluding carboxylic acids is 3. The van der Waals surface area contributed by atoms with Gasteiger partial charge in [-0.2, -0.15) is 0 Å². The summed E-state index contributed by atoms with van der Waals surface area (Å²) in [5, 5.41) is 5.16. The van der Waals surface area contributed by atoms with E-state index in [4.69, 9.17) is 0 Å². The summed E-state index contributed by atoms with van der Waals surface area (Å²) >= 11 is 1.41. The molecule has 31 heavy (non-hydrogen) atoms. The van der Waals surface area contributed by atoms with Gasteiger partial charge < -0.3 is 15.4 Å². The fraction of sp³-hybridized carbons (Fsp3) is 0.286. The Morgan fingerprint density at radius 1 is 1.16 bits per heavy atom. The lowest BCUT2D eigenvalue weighted by atomic mass is 10.2. The molecular formula is C21H22N2O6S2. The highest BCUT2D eigenvalue weighted by molar-refractivity contribution is 8.01. The second-order valence-electron chi connectivity index (χ2n) is 6.85. The van der Waals surface area contributed by atoms with Crippen LogP contribution in [-0.4, -0.2) is 44.3 Å². The van der Waals surface area contributed by atoms with Gasteiger partial charge in [0.25, 0.3) is 0 Å². The lowest BCUT2D eigenvalue weighted by Gasteiger charge is -2.23. The van der Waals surface area contributed by atoms with E-state index in [1.54, 1.807) is 6.07 Å². The average molecular weight is 463 g/mol. The molecule has 1 heterocycles. The fourth-order valence-electron chi connectivity index (χ4n) is 2.97. The predicted molar refractivity (Wildman–Crippen MR) is 118 cm³/mol. The molecular weight excluding hydrogens is 440 g/mol. The zero-order chi connectivity index (χ0) is 22.6. The summed E-state index contributed by atoms with van der Waals surface area (Å²) in [6, 6.07) is 10.7. The van der Waals surface area contributed by atoms with Crippen LogP contribution in [0.25, 0.3) is 0 Å². The zero-order valence-corrected chi connectivity index (χ0v) is 18.6. The number of methoxy groups -OCH3 is 1. The third-order valence-electron chi connectivity index (χ3n) is 4.69. The number of esters is 1. The van der Waals surface area contributed by atoms with Gasteiger partial charge in [0.15, 0.2) is 9.84 Å². The van der Waals surface area contributed by atoms with E-state index in [-0.39, 0.29) is 28.2 Å². The molecule has 0 radical (unpaired) electrons. The van der Waals surface area contributed by atoms with E-state index in [1.807, 2.05) is 6.92 Å². The molecule has 1 aliphatic heterocycles. The smallest absolute Gasteiger partial charge is 0.337 e. The fourth-order valence-corrected chi connectivity index (χ4v) is 5.25. The Hall–Kier alpha value is -2.85. The maximum atomic E-state index is 12.7. The number of amides is 2. The molecule has 2 amide bonds. The number of ether oxygens (including phenoxy) is 1. The molecule has 1 atom stereocenters. The van der Waals surface area contributed by atoms with Crippen LogP contribution >= 0.6 is 11.8 Å². The Kier molecular flexibility index (Phi) is 7.01. The Morgan fingerprint density at radius 3 is 2.52 bits per heavy atom. The minimum atomic E-state index is -3.72. The monoisotopic (exact) mass is 462 g/mol. The number of carbonyl (C=O) groups is 3. The number of sulfone groups is 1. The molecule has 0 aliphatic carbocycles. The van der Waals surface area contributed by atoms with Crippen LogP contribution in [0.5, 0.6) is 0 Å². The topological polar surface area (TPSA) is 119 Å². The van der Waals surface area contributed by atoms with Crippen molar-refractivity contribution in [2.24, 2.45) is 0 Å². The molecule has 164 valence electrons. The highest BCUT2D eigenvalue weighted by atomic mass is 32.2. The summed E-state index contributed by atoms with van der Waals surface area (Å²) < 4.78 is 30.0. The first-order chi connectivity index (χ1) is 14.7. The van der Waals surface area contributed by atoms with Gasteiger partial charge in [0.2, 0.25) is 11.8 Å². The number of thioether (sulfide) groups is 1. The van der Waals surface area contributed by atoms with Crippen molar-refractivity contribution >= 4 is 50.8 Å². The summed E-state index contributed by atoms with van der Waals surface area (Å²) in [5.41, 5.74) is 1.25. The van der Waals surface area contributed by atoms with Crippen LogP contribution in [0, 0.1) is 0 Å². The van der Waals surface area contributed by atoms with Crippen molar-refractivity contribution < 1.29 is 27.5 Å². The molecule has 0 aromatic heterocycles. The average Bonchev–Trinajstić information content (AvgIpc) is 2.76. The Bertz CT molecular complexity index is 1110. The molecule has 0 fully saturated rings. The van der Waals surface area contributed by atoms with Crippen molar-refractivity contribution in [3.63, 3.8) is 0 Å². The van der Waals surface area contributed by atoms with E-state index in [0.717, 1.165) is 4.90 Å². The van der Waals surface area contributed by atoms with Crippen molar-refractivity contribution in [3.8, 4) is 0 Å². The lowest BCUT2D eigenvalue weighted by molar-refractivity contribution is -0.116. The minimum Gasteiger partial charge on any atom is -0.465 e. The quantitative estimate of drug-likeness (QED) is 0.607. The van der Waals surface area contributed by atoms with Crippen LogP contribution in [0.4, 0.5) is 11.4 Å². The molecule has 0 saturated carbocycles. The van der Waals surface area contributed by atoms with Crippen molar-refractivity contribution in [2.45, 2.75) is 34.8 Å². The predicted octanol–water partition coefficient (Wildman–Crippen LogP) is 3.10. The molecule has 0 spiro atoms. The largest absolute Gasteiger partial charge is 0.465 e. The molecule has 8 nitrogen and oxygen atoms in total. The van der Waals surface area contributed by atoms with Crippen molar-refractivity contribution in [1.29, 1.82) is 0 Å². The number of anilines is 2. The molecule has 2 aromatic rings. The van der Waals surface area contributed by atoms with Crippen LogP contribution in [0.1, 0.15) is 30.1 Å². The van der Waals surface area contributed by atoms with E-state index in [1.165, 1.54) is 55.3 Å². The Balaban J connectivity index is 1.62. The van der Waals surface area contributed by atoms with Crippen LogP contribution in [0.15, 0.2) is 52.3 Å².